The molecule has 1 N–H and O–H groups in total. The van der Waals surface area contributed by atoms with Crippen LogP contribution in [0.5, 0.6) is 5.88 Å². The van der Waals surface area contributed by atoms with Gasteiger partial charge in [-0.15, -0.1) is 0 Å². The number of para-hydroxylation sites is 1. The average Bonchev–Trinajstić information content (AvgIpc) is 2.69. The molecule has 0 saturated carbocycles. The van der Waals surface area contributed by atoms with Crippen molar-refractivity contribution in [1.82, 2.24) is 9.97 Å². The van der Waals surface area contributed by atoms with Crippen molar-refractivity contribution < 1.29 is 14.6 Å². The predicted molar refractivity (Wildman–Crippen MR) is 94.7 cm³/mol. The summed E-state index contributed by atoms with van der Waals surface area (Å²) in [5.74, 6) is 0.963. The molecule has 1 aromatic carbocycles. The summed E-state index contributed by atoms with van der Waals surface area (Å²) in [6.45, 7) is 1.30. The first-order chi connectivity index (χ1) is 12.4. The number of anilines is 1. The van der Waals surface area contributed by atoms with E-state index in [0.29, 0.717) is 24.9 Å². The van der Waals surface area contributed by atoms with Gasteiger partial charge in [0.05, 0.1) is 18.7 Å². The highest BCUT2D eigenvalue weighted by molar-refractivity contribution is 5.79. The number of benzene rings is 1. The Balaban J connectivity index is 1.45. The van der Waals surface area contributed by atoms with Gasteiger partial charge < -0.3 is 4.74 Å². The van der Waals surface area contributed by atoms with E-state index < -0.39 is 0 Å². The van der Waals surface area contributed by atoms with Crippen LogP contribution in [0.2, 0.25) is 0 Å². The molecule has 0 aliphatic carbocycles. The third-order valence-electron chi connectivity index (χ3n) is 3.95. The summed E-state index contributed by atoms with van der Waals surface area (Å²) in [5.41, 5.74) is 5.62. The van der Waals surface area contributed by atoms with Crippen LogP contribution in [-0.4, -0.2) is 23.2 Å². The number of nitrogens with zero attached hydrogens (tertiary/aromatic N) is 2. The minimum Gasteiger partial charge on any atom is -0.377 e. The fourth-order valence-electron chi connectivity index (χ4n) is 2.70. The lowest BCUT2D eigenvalue weighted by atomic mass is 10.0. The zero-order chi connectivity index (χ0) is 16.9. The molecule has 0 amide bonds. The normalized spacial score (nSPS) is 14.2. The summed E-state index contributed by atoms with van der Waals surface area (Å²) in [6, 6.07) is 15.5. The molecule has 2 aromatic heterocycles. The number of aromatic nitrogens is 2. The van der Waals surface area contributed by atoms with Crippen molar-refractivity contribution in [2.45, 2.75) is 6.42 Å². The molecule has 0 spiro atoms. The van der Waals surface area contributed by atoms with Gasteiger partial charge in [0.15, 0.2) is 5.82 Å². The highest BCUT2D eigenvalue weighted by atomic mass is 17.3. The van der Waals surface area contributed by atoms with Crippen molar-refractivity contribution in [2.75, 3.05) is 18.7 Å². The van der Waals surface area contributed by atoms with E-state index in [1.54, 1.807) is 6.20 Å². The van der Waals surface area contributed by atoms with Gasteiger partial charge in [-0.1, -0.05) is 29.3 Å². The summed E-state index contributed by atoms with van der Waals surface area (Å²) >= 11 is 0. The van der Waals surface area contributed by atoms with Crippen molar-refractivity contribution >= 4 is 22.3 Å². The number of fused-ring (bicyclic) bond motifs is 1. The predicted octanol–water partition coefficient (Wildman–Crippen LogP) is 3.77. The van der Waals surface area contributed by atoms with Crippen LogP contribution < -0.4 is 10.4 Å². The second-order valence-corrected chi connectivity index (χ2v) is 5.57. The second kappa shape index (κ2) is 7.29. The second-order valence-electron chi connectivity index (χ2n) is 5.57. The van der Waals surface area contributed by atoms with Crippen LogP contribution in [0.3, 0.4) is 0 Å². The van der Waals surface area contributed by atoms with Crippen molar-refractivity contribution in [1.29, 1.82) is 0 Å². The standard InChI is InChI=1S/C19H17N3O3/c1-2-6-17-15(4-1)7-8-18(21-17)22-25-24-19-16(5-3-11-20-19)14-9-12-23-13-10-14/h1-9,11H,10,12-13H2,(H,21,22). The molecular weight excluding hydrogens is 318 g/mol. The van der Waals surface area contributed by atoms with E-state index in [4.69, 9.17) is 14.6 Å². The molecule has 0 bridgehead atoms. The van der Waals surface area contributed by atoms with E-state index in [0.717, 1.165) is 28.5 Å². The zero-order valence-corrected chi connectivity index (χ0v) is 13.5. The molecule has 1 aliphatic heterocycles. The van der Waals surface area contributed by atoms with E-state index in [9.17, 15) is 0 Å². The first-order valence-electron chi connectivity index (χ1n) is 8.08. The molecule has 3 heterocycles. The third kappa shape index (κ3) is 3.60. The molecule has 6 heteroatoms. The van der Waals surface area contributed by atoms with Gasteiger partial charge in [0.25, 0.3) is 5.88 Å². The van der Waals surface area contributed by atoms with Crippen LogP contribution in [0, 0.1) is 0 Å². The van der Waals surface area contributed by atoms with Crippen LogP contribution in [0.25, 0.3) is 16.5 Å². The summed E-state index contributed by atoms with van der Waals surface area (Å²) in [6.07, 6.45) is 4.52. The van der Waals surface area contributed by atoms with Gasteiger partial charge in [-0.25, -0.2) is 15.4 Å². The van der Waals surface area contributed by atoms with Crippen LogP contribution in [0.1, 0.15) is 12.0 Å². The molecule has 126 valence electrons. The first kappa shape index (κ1) is 15.6. The molecule has 0 atom stereocenters. The van der Waals surface area contributed by atoms with E-state index >= 15 is 0 Å². The Kier molecular flexibility index (Phi) is 4.54. The first-order valence-corrected chi connectivity index (χ1v) is 8.08. The highest BCUT2D eigenvalue weighted by Gasteiger charge is 2.13. The quantitative estimate of drug-likeness (QED) is 0.565. The minimum absolute atomic E-state index is 0.406. The molecule has 0 unspecified atom stereocenters. The van der Waals surface area contributed by atoms with Gasteiger partial charge in [0.1, 0.15) is 0 Å². The third-order valence-corrected chi connectivity index (χ3v) is 3.95. The summed E-state index contributed by atoms with van der Waals surface area (Å²) < 4.78 is 5.35. The molecule has 25 heavy (non-hydrogen) atoms. The fraction of sp³-hybridized carbons (Fsp3) is 0.158. The van der Waals surface area contributed by atoms with Crippen molar-refractivity contribution in [3.63, 3.8) is 0 Å². The van der Waals surface area contributed by atoms with Crippen LogP contribution in [-0.2, 0) is 9.73 Å². The summed E-state index contributed by atoms with van der Waals surface area (Å²) in [4.78, 5) is 19.2. The zero-order valence-electron chi connectivity index (χ0n) is 13.5. The number of rotatable bonds is 5. The minimum atomic E-state index is 0.406. The molecule has 1 aliphatic rings. The Morgan fingerprint density at radius 3 is 2.92 bits per heavy atom. The molecule has 4 rings (SSSR count). The lowest BCUT2D eigenvalue weighted by Gasteiger charge is -2.15. The number of hydrogen-bond acceptors (Lipinski definition) is 6. The van der Waals surface area contributed by atoms with E-state index in [1.807, 2.05) is 54.6 Å². The molecule has 3 aromatic rings. The van der Waals surface area contributed by atoms with Gasteiger partial charge in [0, 0.05) is 17.1 Å². The van der Waals surface area contributed by atoms with Gasteiger partial charge in [0.2, 0.25) is 0 Å². The highest BCUT2D eigenvalue weighted by Crippen LogP contribution is 2.28. The Morgan fingerprint density at radius 2 is 2.00 bits per heavy atom. The van der Waals surface area contributed by atoms with Gasteiger partial charge in [-0.3, -0.25) is 4.89 Å². The van der Waals surface area contributed by atoms with Crippen molar-refractivity contribution in [2.24, 2.45) is 0 Å². The fourth-order valence-corrected chi connectivity index (χ4v) is 2.70. The number of ether oxygens (including phenoxy) is 1. The van der Waals surface area contributed by atoms with E-state index in [-0.39, 0.29) is 0 Å². The Morgan fingerprint density at radius 1 is 1.04 bits per heavy atom. The maximum atomic E-state index is 5.36. The Labute approximate surface area is 145 Å². The monoisotopic (exact) mass is 335 g/mol. The number of pyridine rings is 2. The van der Waals surface area contributed by atoms with Crippen LogP contribution in [0.15, 0.2) is 60.8 Å². The molecular formula is C19H17N3O3. The van der Waals surface area contributed by atoms with Crippen LogP contribution >= 0.6 is 0 Å². The Hall–Kier alpha value is -2.96. The van der Waals surface area contributed by atoms with E-state index in [2.05, 4.69) is 15.4 Å². The van der Waals surface area contributed by atoms with Gasteiger partial charge >= 0.3 is 0 Å². The molecule has 6 nitrogen and oxygen atoms in total. The smallest absolute Gasteiger partial charge is 0.266 e. The number of nitrogens with one attached hydrogen (secondary N) is 1. The SMILES string of the molecule is C1=C(c2cccnc2OONc2ccc3ccccc3n2)CCOC1. The lowest BCUT2D eigenvalue weighted by molar-refractivity contribution is -0.182. The van der Waals surface area contributed by atoms with Gasteiger partial charge in [-0.2, -0.15) is 0 Å². The average molecular weight is 335 g/mol. The van der Waals surface area contributed by atoms with E-state index in [1.165, 1.54) is 0 Å². The lowest BCUT2D eigenvalue weighted by Crippen LogP contribution is -2.10. The molecule has 0 fully saturated rings. The topological polar surface area (TPSA) is 65.5 Å². The van der Waals surface area contributed by atoms with Crippen molar-refractivity contribution in [3.8, 4) is 5.88 Å². The maximum absolute atomic E-state index is 5.36. The summed E-state index contributed by atoms with van der Waals surface area (Å²) in [5, 5.41) is 1.06. The molecule has 0 saturated heterocycles. The molecule has 0 radical (unpaired) electrons. The summed E-state index contributed by atoms with van der Waals surface area (Å²) in [7, 11) is 0. The number of hydrogen-bond donors (Lipinski definition) is 1. The Bertz CT molecular complexity index is 911. The maximum Gasteiger partial charge on any atom is 0.266 e. The van der Waals surface area contributed by atoms with Crippen molar-refractivity contribution in [3.05, 3.63) is 66.4 Å². The van der Waals surface area contributed by atoms with Crippen LogP contribution in [0.4, 0.5) is 5.82 Å². The largest absolute Gasteiger partial charge is 0.377 e. The van der Waals surface area contributed by atoms with Gasteiger partial charge in [-0.05, 0) is 42.3 Å².